The van der Waals surface area contributed by atoms with Crippen LogP contribution in [-0.4, -0.2) is 18.0 Å². The van der Waals surface area contributed by atoms with Crippen LogP contribution in [0.3, 0.4) is 0 Å². The van der Waals surface area contributed by atoms with Gasteiger partial charge in [0.05, 0.1) is 0 Å². The fourth-order valence-electron chi connectivity index (χ4n) is 1.47. The zero-order chi connectivity index (χ0) is 10.2. The molecule has 1 rings (SSSR count). The second-order valence-corrected chi connectivity index (χ2v) is 3.65. The van der Waals surface area contributed by atoms with Gasteiger partial charge in [-0.3, -0.25) is 7.05 Å². The zero-order valence-electron chi connectivity index (χ0n) is 9.08. The van der Waals surface area contributed by atoms with Crippen LogP contribution in [0.1, 0.15) is 25.3 Å². The van der Waals surface area contributed by atoms with Crippen LogP contribution >= 0.6 is 0 Å². The van der Waals surface area contributed by atoms with E-state index in [1.54, 1.807) is 0 Å². The van der Waals surface area contributed by atoms with E-state index >= 15 is 0 Å². The SMILES string of the molecule is [CH2-]N(CC)CCCCc1ccccc1. The van der Waals surface area contributed by atoms with Gasteiger partial charge in [0, 0.05) is 0 Å². The van der Waals surface area contributed by atoms with Crippen molar-refractivity contribution in [1.82, 2.24) is 4.90 Å². The highest BCUT2D eigenvalue weighted by atomic mass is 15.1. The molecule has 1 aromatic carbocycles. The first-order valence-electron chi connectivity index (χ1n) is 5.42. The lowest BCUT2D eigenvalue weighted by atomic mass is 10.1. The molecule has 0 amide bonds. The first-order valence-corrected chi connectivity index (χ1v) is 5.42. The molecule has 14 heavy (non-hydrogen) atoms. The minimum Gasteiger partial charge on any atom is -0.459 e. The van der Waals surface area contributed by atoms with Gasteiger partial charge in [-0.2, -0.15) is 0 Å². The summed E-state index contributed by atoms with van der Waals surface area (Å²) >= 11 is 0. The number of aryl methyl sites for hydroxylation is 1. The molecule has 0 aliphatic heterocycles. The van der Waals surface area contributed by atoms with Crippen molar-refractivity contribution in [3.05, 3.63) is 42.9 Å². The predicted molar refractivity (Wildman–Crippen MR) is 62.0 cm³/mol. The fourth-order valence-corrected chi connectivity index (χ4v) is 1.47. The van der Waals surface area contributed by atoms with Gasteiger partial charge < -0.3 is 4.90 Å². The Morgan fingerprint density at radius 2 is 1.86 bits per heavy atom. The van der Waals surface area contributed by atoms with Crippen molar-refractivity contribution in [1.29, 1.82) is 0 Å². The third-order valence-corrected chi connectivity index (χ3v) is 2.48. The second kappa shape index (κ2) is 6.61. The minimum absolute atomic E-state index is 1.05. The molecule has 0 aliphatic rings. The summed E-state index contributed by atoms with van der Waals surface area (Å²) < 4.78 is 0. The van der Waals surface area contributed by atoms with E-state index in [2.05, 4.69) is 49.2 Å². The summed E-state index contributed by atoms with van der Waals surface area (Å²) in [6, 6.07) is 10.7. The molecule has 1 aromatic rings. The lowest BCUT2D eigenvalue weighted by Crippen LogP contribution is -2.16. The summed E-state index contributed by atoms with van der Waals surface area (Å²) in [6.45, 7) is 4.30. The molecule has 0 radical (unpaired) electrons. The number of hydrogen-bond donors (Lipinski definition) is 0. The molecule has 0 N–H and O–H groups in total. The number of benzene rings is 1. The molecule has 0 unspecified atom stereocenters. The Morgan fingerprint density at radius 3 is 2.50 bits per heavy atom. The largest absolute Gasteiger partial charge is 0.459 e. The van der Waals surface area contributed by atoms with Gasteiger partial charge in [-0.25, -0.2) is 0 Å². The van der Waals surface area contributed by atoms with Gasteiger partial charge >= 0.3 is 0 Å². The Morgan fingerprint density at radius 1 is 1.14 bits per heavy atom. The van der Waals surface area contributed by atoms with Gasteiger partial charge in [-0.1, -0.05) is 37.3 Å². The molecular weight excluding hydrogens is 170 g/mol. The lowest BCUT2D eigenvalue weighted by Gasteiger charge is -2.21. The van der Waals surface area contributed by atoms with Crippen LogP contribution in [0.5, 0.6) is 0 Å². The quantitative estimate of drug-likeness (QED) is 0.492. The Balaban J connectivity index is 2.10. The Kier molecular flexibility index (Phi) is 5.31. The molecule has 0 fully saturated rings. The molecule has 0 heterocycles. The Labute approximate surface area is 87.7 Å². The maximum absolute atomic E-state index is 3.93. The summed E-state index contributed by atoms with van der Waals surface area (Å²) in [7, 11) is 3.93. The fraction of sp³-hybridized carbons (Fsp3) is 0.462. The number of rotatable bonds is 6. The predicted octanol–water partition coefficient (Wildman–Crippen LogP) is 3.12. The van der Waals surface area contributed by atoms with Crippen LogP contribution in [0.25, 0.3) is 0 Å². The van der Waals surface area contributed by atoms with Crippen molar-refractivity contribution in [2.75, 3.05) is 13.1 Å². The highest BCUT2D eigenvalue weighted by Crippen LogP contribution is 2.04. The molecular formula is C13H20N-. The Hall–Kier alpha value is -0.820. The van der Waals surface area contributed by atoms with Crippen LogP contribution < -0.4 is 0 Å². The summed E-state index contributed by atoms with van der Waals surface area (Å²) in [5.74, 6) is 0. The van der Waals surface area contributed by atoms with E-state index in [-0.39, 0.29) is 0 Å². The van der Waals surface area contributed by atoms with Crippen molar-refractivity contribution >= 4 is 0 Å². The average molecular weight is 190 g/mol. The molecule has 1 heteroatoms. The van der Waals surface area contributed by atoms with Crippen LogP contribution in [0.2, 0.25) is 0 Å². The number of nitrogens with zero attached hydrogens (tertiary/aromatic N) is 1. The topological polar surface area (TPSA) is 3.24 Å². The maximum Gasteiger partial charge on any atom is -0.0278 e. The second-order valence-electron chi connectivity index (χ2n) is 3.65. The molecule has 0 saturated heterocycles. The average Bonchev–Trinajstić information content (AvgIpc) is 2.25. The first-order chi connectivity index (χ1) is 6.83. The number of hydrogen-bond acceptors (Lipinski definition) is 1. The van der Waals surface area contributed by atoms with E-state index in [0.717, 1.165) is 13.1 Å². The third-order valence-electron chi connectivity index (χ3n) is 2.48. The lowest BCUT2D eigenvalue weighted by molar-refractivity contribution is 0.378. The highest BCUT2D eigenvalue weighted by Gasteiger charge is 1.92. The Bertz CT molecular complexity index is 230. The summed E-state index contributed by atoms with van der Waals surface area (Å²) in [4.78, 5) is 2.12. The standard InChI is InChI=1S/C13H20N/c1-3-14(2)12-8-7-11-13-9-5-4-6-10-13/h4-6,9-10H,2-3,7-8,11-12H2,1H3/q-1. The van der Waals surface area contributed by atoms with Gasteiger partial charge in [-0.15, -0.1) is 0 Å². The van der Waals surface area contributed by atoms with Crippen molar-refractivity contribution in [3.63, 3.8) is 0 Å². The smallest absolute Gasteiger partial charge is 0.0278 e. The summed E-state index contributed by atoms with van der Waals surface area (Å²) in [6.07, 6.45) is 3.70. The molecule has 0 atom stereocenters. The molecule has 0 aromatic heterocycles. The first kappa shape index (κ1) is 11.3. The van der Waals surface area contributed by atoms with Crippen molar-refractivity contribution in [2.45, 2.75) is 26.2 Å². The summed E-state index contributed by atoms with van der Waals surface area (Å²) in [5.41, 5.74) is 1.44. The van der Waals surface area contributed by atoms with Crippen molar-refractivity contribution < 1.29 is 0 Å². The third kappa shape index (κ3) is 4.43. The minimum atomic E-state index is 1.05. The summed E-state index contributed by atoms with van der Waals surface area (Å²) in [5, 5.41) is 0. The van der Waals surface area contributed by atoms with Gasteiger partial charge in [0.15, 0.2) is 0 Å². The van der Waals surface area contributed by atoms with Crippen LogP contribution in [-0.2, 0) is 6.42 Å². The van der Waals surface area contributed by atoms with E-state index in [0.29, 0.717) is 0 Å². The van der Waals surface area contributed by atoms with Gasteiger partial charge in [0.25, 0.3) is 0 Å². The maximum atomic E-state index is 3.93. The van der Waals surface area contributed by atoms with Gasteiger partial charge in [0.2, 0.25) is 0 Å². The molecule has 78 valence electrons. The van der Waals surface area contributed by atoms with Crippen molar-refractivity contribution in [2.24, 2.45) is 0 Å². The highest BCUT2D eigenvalue weighted by molar-refractivity contribution is 5.14. The molecule has 0 saturated carbocycles. The van der Waals surface area contributed by atoms with Crippen LogP contribution in [0.4, 0.5) is 0 Å². The molecule has 0 aliphatic carbocycles. The van der Waals surface area contributed by atoms with Crippen molar-refractivity contribution in [3.8, 4) is 0 Å². The zero-order valence-corrected chi connectivity index (χ0v) is 9.08. The van der Waals surface area contributed by atoms with E-state index in [9.17, 15) is 0 Å². The van der Waals surface area contributed by atoms with E-state index in [1.807, 2.05) is 0 Å². The molecule has 0 bridgehead atoms. The molecule has 0 spiro atoms. The van der Waals surface area contributed by atoms with E-state index in [1.165, 1.54) is 24.8 Å². The van der Waals surface area contributed by atoms with Gasteiger partial charge in [0.1, 0.15) is 0 Å². The van der Waals surface area contributed by atoms with Gasteiger partial charge in [-0.05, 0) is 37.9 Å². The normalized spacial score (nSPS) is 10.8. The van der Waals surface area contributed by atoms with Crippen LogP contribution in [0.15, 0.2) is 30.3 Å². The van der Waals surface area contributed by atoms with E-state index in [4.69, 9.17) is 0 Å². The van der Waals surface area contributed by atoms with Crippen LogP contribution in [0, 0.1) is 7.05 Å². The van der Waals surface area contributed by atoms with E-state index < -0.39 is 0 Å². The molecule has 1 nitrogen and oxygen atoms in total. The number of unbranched alkanes of at least 4 members (excludes halogenated alkanes) is 1. The monoisotopic (exact) mass is 190 g/mol.